The number of alkyl halides is 1. The Morgan fingerprint density at radius 3 is 2.28 bits per heavy atom. The number of carbonyl (C=O) groups excluding carboxylic acids is 1. The van der Waals surface area contributed by atoms with Gasteiger partial charge in [0.15, 0.2) is 5.75 Å². The Hall–Kier alpha value is -2.41. The highest BCUT2D eigenvalue weighted by molar-refractivity contribution is 6.37. The number of nitrogens with zero attached hydrogens (tertiary/aromatic N) is 2. The van der Waals surface area contributed by atoms with E-state index >= 15 is 0 Å². The van der Waals surface area contributed by atoms with Gasteiger partial charge in [0.2, 0.25) is 0 Å². The first-order valence-corrected chi connectivity index (χ1v) is 12.9. The van der Waals surface area contributed by atoms with E-state index in [-0.39, 0.29) is 17.9 Å². The van der Waals surface area contributed by atoms with Crippen molar-refractivity contribution in [3.63, 3.8) is 0 Å². The molecule has 0 fully saturated rings. The van der Waals surface area contributed by atoms with Crippen molar-refractivity contribution < 1.29 is 19.0 Å². The summed E-state index contributed by atoms with van der Waals surface area (Å²) < 4.78 is 18.9. The van der Waals surface area contributed by atoms with Gasteiger partial charge in [-0.15, -0.1) is 11.6 Å². The minimum absolute atomic E-state index is 0.0493. The van der Waals surface area contributed by atoms with Crippen LogP contribution in [0.4, 0.5) is 0 Å². The van der Waals surface area contributed by atoms with E-state index in [1.54, 1.807) is 6.20 Å². The second-order valence-corrected chi connectivity index (χ2v) is 10.4. The highest BCUT2D eigenvalue weighted by Gasteiger charge is 2.26. The lowest BCUT2D eigenvalue weighted by Crippen LogP contribution is -2.26. The summed E-state index contributed by atoms with van der Waals surface area (Å²) in [6.45, 7) is 9.17. The molecule has 3 rings (SSSR count). The van der Waals surface area contributed by atoms with Crippen LogP contribution in [0.25, 0.3) is 0 Å². The standard InChI is InChI=1S/C27H31Cl3N2O4/c1-18(14-32-10-9-31-17-32)15-34-22-7-5-20(6-8-22)27(3,4)21-11-24(29)26(25(30)12-21)35-16-23(13-28)36-19(2)33/h5-12,17-18,23H,13-16H2,1-4H3. The topological polar surface area (TPSA) is 62.6 Å². The first kappa shape index (κ1) is 28.2. The van der Waals surface area contributed by atoms with Gasteiger partial charge in [0.25, 0.3) is 0 Å². The number of ether oxygens (including phenoxy) is 3. The van der Waals surface area contributed by atoms with Crippen molar-refractivity contribution in [3.8, 4) is 11.5 Å². The fourth-order valence-corrected chi connectivity index (χ4v) is 4.51. The molecule has 1 heterocycles. The van der Waals surface area contributed by atoms with Crippen LogP contribution in [0.15, 0.2) is 55.1 Å². The van der Waals surface area contributed by atoms with Gasteiger partial charge in [0.1, 0.15) is 18.5 Å². The fraction of sp³-hybridized carbons (Fsp3) is 0.407. The van der Waals surface area contributed by atoms with Gasteiger partial charge in [-0.25, -0.2) is 4.98 Å². The molecule has 0 N–H and O–H groups in total. The maximum absolute atomic E-state index is 11.2. The number of hydrogen-bond acceptors (Lipinski definition) is 5. The molecule has 0 aliphatic rings. The zero-order valence-corrected chi connectivity index (χ0v) is 23.1. The zero-order chi connectivity index (χ0) is 26.3. The SMILES string of the molecule is CC(=O)OC(CCl)COc1c(Cl)cc(C(C)(C)c2ccc(OCC(C)Cn3ccnc3)cc2)cc1Cl. The van der Waals surface area contributed by atoms with Gasteiger partial charge in [-0.2, -0.15) is 0 Å². The van der Waals surface area contributed by atoms with Crippen LogP contribution in [0, 0.1) is 5.92 Å². The molecule has 0 saturated heterocycles. The monoisotopic (exact) mass is 552 g/mol. The van der Waals surface area contributed by atoms with Crippen LogP contribution < -0.4 is 9.47 Å². The highest BCUT2D eigenvalue weighted by atomic mass is 35.5. The van der Waals surface area contributed by atoms with Crippen LogP contribution in [-0.4, -0.2) is 40.7 Å². The van der Waals surface area contributed by atoms with Crippen molar-refractivity contribution in [2.24, 2.45) is 5.92 Å². The fourth-order valence-electron chi connectivity index (χ4n) is 3.76. The molecular formula is C27H31Cl3N2O4. The summed E-state index contributed by atoms with van der Waals surface area (Å²) in [7, 11) is 0. The predicted molar refractivity (Wildman–Crippen MR) is 144 cm³/mol. The van der Waals surface area contributed by atoms with Crippen LogP contribution in [0.1, 0.15) is 38.8 Å². The lowest BCUT2D eigenvalue weighted by atomic mass is 9.78. The molecule has 0 radical (unpaired) electrons. The number of hydrogen-bond donors (Lipinski definition) is 0. The summed E-state index contributed by atoms with van der Waals surface area (Å²) in [4.78, 5) is 15.3. The maximum atomic E-state index is 11.2. The molecular weight excluding hydrogens is 523 g/mol. The lowest BCUT2D eigenvalue weighted by Gasteiger charge is -2.27. The Morgan fingerprint density at radius 2 is 1.72 bits per heavy atom. The lowest BCUT2D eigenvalue weighted by molar-refractivity contribution is -0.146. The summed E-state index contributed by atoms with van der Waals surface area (Å²) in [5, 5.41) is 0.738. The Labute approximate surface area is 227 Å². The molecule has 2 unspecified atom stereocenters. The Morgan fingerprint density at radius 1 is 1.06 bits per heavy atom. The van der Waals surface area contributed by atoms with Crippen molar-refractivity contribution >= 4 is 40.8 Å². The minimum Gasteiger partial charge on any atom is -0.493 e. The summed E-state index contributed by atoms with van der Waals surface area (Å²) >= 11 is 18.9. The van der Waals surface area contributed by atoms with Crippen LogP contribution in [0.2, 0.25) is 10.0 Å². The average molecular weight is 554 g/mol. The van der Waals surface area contributed by atoms with E-state index in [0.29, 0.717) is 28.3 Å². The molecule has 9 heteroatoms. The number of halogens is 3. The second kappa shape index (κ2) is 12.7. The number of imidazole rings is 1. The first-order chi connectivity index (χ1) is 17.1. The third kappa shape index (κ3) is 7.55. The molecule has 2 atom stereocenters. The molecule has 0 saturated carbocycles. The molecule has 194 valence electrons. The summed E-state index contributed by atoms with van der Waals surface area (Å²) in [5.41, 5.74) is 1.63. The zero-order valence-electron chi connectivity index (χ0n) is 20.8. The first-order valence-electron chi connectivity index (χ1n) is 11.6. The smallest absolute Gasteiger partial charge is 0.303 e. The summed E-state index contributed by atoms with van der Waals surface area (Å²) in [6.07, 6.45) is 4.94. The normalized spacial score (nSPS) is 13.2. The van der Waals surface area contributed by atoms with Crippen molar-refractivity contribution in [1.82, 2.24) is 9.55 Å². The van der Waals surface area contributed by atoms with E-state index in [1.165, 1.54) is 6.92 Å². The molecule has 0 spiro atoms. The van der Waals surface area contributed by atoms with Crippen molar-refractivity contribution in [3.05, 3.63) is 76.3 Å². The summed E-state index contributed by atoms with van der Waals surface area (Å²) in [5.74, 6) is 1.15. The minimum atomic E-state index is -0.595. The Balaban J connectivity index is 1.66. The van der Waals surface area contributed by atoms with E-state index in [2.05, 4.69) is 25.8 Å². The maximum Gasteiger partial charge on any atom is 0.303 e. The van der Waals surface area contributed by atoms with Crippen LogP contribution in [-0.2, 0) is 21.5 Å². The molecule has 1 aromatic heterocycles. The van der Waals surface area contributed by atoms with Gasteiger partial charge in [-0.05, 0) is 35.4 Å². The highest BCUT2D eigenvalue weighted by Crippen LogP contribution is 2.40. The van der Waals surface area contributed by atoms with Crippen LogP contribution >= 0.6 is 34.8 Å². The second-order valence-electron chi connectivity index (χ2n) is 9.29. The van der Waals surface area contributed by atoms with Crippen LogP contribution in [0.5, 0.6) is 11.5 Å². The van der Waals surface area contributed by atoms with E-state index in [9.17, 15) is 4.79 Å². The van der Waals surface area contributed by atoms with E-state index in [1.807, 2.05) is 53.5 Å². The molecule has 0 aliphatic carbocycles. The van der Waals surface area contributed by atoms with Crippen molar-refractivity contribution in [2.75, 3.05) is 19.1 Å². The van der Waals surface area contributed by atoms with Gasteiger partial charge in [-0.3, -0.25) is 4.79 Å². The number of aromatic nitrogens is 2. The molecule has 36 heavy (non-hydrogen) atoms. The molecule has 6 nitrogen and oxygen atoms in total. The molecule has 3 aromatic rings. The Bertz CT molecular complexity index is 1110. The molecule has 2 aromatic carbocycles. The van der Waals surface area contributed by atoms with Gasteiger partial charge in [-0.1, -0.05) is 56.1 Å². The third-order valence-corrected chi connectivity index (χ3v) is 6.74. The number of rotatable bonds is 12. The van der Waals surface area contributed by atoms with Gasteiger partial charge >= 0.3 is 5.97 Å². The number of benzene rings is 2. The molecule has 0 aliphatic heterocycles. The van der Waals surface area contributed by atoms with Crippen molar-refractivity contribution in [1.29, 1.82) is 0 Å². The number of esters is 1. The van der Waals surface area contributed by atoms with Crippen LogP contribution in [0.3, 0.4) is 0 Å². The van der Waals surface area contributed by atoms with Gasteiger partial charge < -0.3 is 18.8 Å². The van der Waals surface area contributed by atoms with Gasteiger partial charge in [0, 0.05) is 37.2 Å². The van der Waals surface area contributed by atoms with Gasteiger partial charge in [0.05, 0.1) is 28.9 Å². The van der Waals surface area contributed by atoms with E-state index in [4.69, 9.17) is 49.0 Å². The molecule has 0 amide bonds. The van der Waals surface area contributed by atoms with E-state index < -0.39 is 12.1 Å². The largest absolute Gasteiger partial charge is 0.493 e. The third-order valence-electron chi connectivity index (χ3n) is 5.83. The average Bonchev–Trinajstić information content (AvgIpc) is 3.34. The summed E-state index contributed by atoms with van der Waals surface area (Å²) in [6, 6.07) is 11.7. The van der Waals surface area contributed by atoms with Crippen molar-refractivity contribution in [2.45, 2.75) is 45.8 Å². The Kier molecular flexibility index (Phi) is 9.94. The quantitative estimate of drug-likeness (QED) is 0.183. The molecule has 0 bridgehead atoms. The van der Waals surface area contributed by atoms with E-state index in [0.717, 1.165) is 23.4 Å². The number of carbonyl (C=O) groups is 1. The predicted octanol–water partition coefficient (Wildman–Crippen LogP) is 6.78.